The van der Waals surface area contributed by atoms with Gasteiger partial charge in [0.25, 0.3) is 0 Å². The number of aromatic nitrogens is 1. The lowest BCUT2D eigenvalue weighted by atomic mass is 10.2. The van der Waals surface area contributed by atoms with E-state index in [1.807, 2.05) is 6.07 Å². The molecule has 0 bridgehead atoms. The first-order valence-electron chi connectivity index (χ1n) is 4.57. The van der Waals surface area contributed by atoms with Gasteiger partial charge in [-0.3, -0.25) is 14.0 Å². The van der Waals surface area contributed by atoms with Crippen molar-refractivity contribution in [2.24, 2.45) is 5.92 Å². The van der Waals surface area contributed by atoms with E-state index >= 15 is 0 Å². The normalized spacial score (nSPS) is 14.5. The Labute approximate surface area is 90.8 Å². The predicted octanol–water partition coefficient (Wildman–Crippen LogP) is 1.05. The van der Waals surface area contributed by atoms with Crippen molar-refractivity contribution in [1.82, 2.24) is 4.98 Å². The van der Waals surface area contributed by atoms with Crippen LogP contribution in [0.3, 0.4) is 0 Å². The van der Waals surface area contributed by atoms with E-state index in [0.717, 1.165) is 5.69 Å². The molecule has 0 aromatic carbocycles. The van der Waals surface area contributed by atoms with Crippen LogP contribution < -0.4 is 0 Å². The Morgan fingerprint density at radius 1 is 1.60 bits per heavy atom. The molecule has 1 aromatic heterocycles. The Hall–Kier alpha value is -1.23. The molecular formula is C10H13NO3S. The Morgan fingerprint density at radius 3 is 2.87 bits per heavy atom. The van der Waals surface area contributed by atoms with E-state index < -0.39 is 22.7 Å². The van der Waals surface area contributed by atoms with Gasteiger partial charge >= 0.3 is 5.97 Å². The molecule has 0 spiro atoms. The second-order valence-electron chi connectivity index (χ2n) is 3.31. The highest BCUT2D eigenvalue weighted by molar-refractivity contribution is 7.84. The highest BCUT2D eigenvalue weighted by atomic mass is 32.2. The van der Waals surface area contributed by atoms with Gasteiger partial charge in [-0.25, -0.2) is 0 Å². The number of nitrogens with zero attached hydrogens (tertiary/aromatic N) is 1. The molecule has 2 unspecified atom stereocenters. The molecule has 0 aliphatic carbocycles. The molecule has 2 atom stereocenters. The monoisotopic (exact) mass is 227 g/mol. The van der Waals surface area contributed by atoms with Crippen molar-refractivity contribution in [3.8, 4) is 0 Å². The van der Waals surface area contributed by atoms with Crippen LogP contribution >= 0.6 is 0 Å². The third-order valence-electron chi connectivity index (χ3n) is 1.89. The van der Waals surface area contributed by atoms with Crippen molar-refractivity contribution in [1.29, 1.82) is 0 Å². The summed E-state index contributed by atoms with van der Waals surface area (Å²) in [5.41, 5.74) is 0.730. The molecule has 0 fully saturated rings. The van der Waals surface area contributed by atoms with Crippen molar-refractivity contribution in [2.45, 2.75) is 12.7 Å². The number of carbonyl (C=O) groups is 1. The van der Waals surface area contributed by atoms with Gasteiger partial charge < -0.3 is 5.11 Å². The summed E-state index contributed by atoms with van der Waals surface area (Å²) >= 11 is 0. The van der Waals surface area contributed by atoms with E-state index in [1.54, 1.807) is 25.3 Å². The zero-order valence-corrected chi connectivity index (χ0v) is 9.24. The van der Waals surface area contributed by atoms with Crippen LogP contribution in [-0.4, -0.2) is 26.0 Å². The highest BCUT2D eigenvalue weighted by Crippen LogP contribution is 2.04. The van der Waals surface area contributed by atoms with Crippen LogP contribution in [0.5, 0.6) is 0 Å². The molecule has 15 heavy (non-hydrogen) atoms. The summed E-state index contributed by atoms with van der Waals surface area (Å²) in [7, 11) is -1.17. The van der Waals surface area contributed by atoms with Crippen LogP contribution in [0.15, 0.2) is 24.4 Å². The van der Waals surface area contributed by atoms with E-state index in [-0.39, 0.29) is 5.75 Å². The molecule has 4 nitrogen and oxygen atoms in total. The minimum atomic E-state index is -1.17. The summed E-state index contributed by atoms with van der Waals surface area (Å²) in [6.45, 7) is 1.55. The van der Waals surface area contributed by atoms with Gasteiger partial charge in [-0.2, -0.15) is 0 Å². The van der Waals surface area contributed by atoms with Gasteiger partial charge in [0.05, 0.1) is 17.4 Å². The summed E-state index contributed by atoms with van der Waals surface area (Å²) in [6.07, 6.45) is 1.63. The number of carboxylic acid groups (broad SMARTS) is 1. The van der Waals surface area contributed by atoms with Crippen molar-refractivity contribution in [3.63, 3.8) is 0 Å². The second kappa shape index (κ2) is 5.60. The van der Waals surface area contributed by atoms with Crippen LogP contribution in [0, 0.1) is 5.92 Å². The molecule has 0 aliphatic heterocycles. The van der Waals surface area contributed by atoms with Gasteiger partial charge in [-0.05, 0) is 12.1 Å². The number of aliphatic carboxylic acids is 1. The summed E-state index contributed by atoms with van der Waals surface area (Å²) < 4.78 is 11.5. The van der Waals surface area contributed by atoms with Gasteiger partial charge in [0.2, 0.25) is 0 Å². The molecule has 1 aromatic rings. The molecule has 0 aliphatic rings. The molecule has 82 valence electrons. The largest absolute Gasteiger partial charge is 0.481 e. The van der Waals surface area contributed by atoms with Gasteiger partial charge in [-0.1, -0.05) is 13.0 Å². The number of carboxylic acids is 1. The lowest BCUT2D eigenvalue weighted by Crippen LogP contribution is -2.18. The number of pyridine rings is 1. The van der Waals surface area contributed by atoms with Gasteiger partial charge in [0.15, 0.2) is 0 Å². The SMILES string of the molecule is CC(CS(=O)Cc1ccccn1)C(=O)O. The van der Waals surface area contributed by atoms with E-state index in [0.29, 0.717) is 5.75 Å². The maximum atomic E-state index is 11.5. The molecular weight excluding hydrogens is 214 g/mol. The Bertz CT molecular complexity index is 353. The maximum absolute atomic E-state index is 11.5. The lowest BCUT2D eigenvalue weighted by Gasteiger charge is -2.05. The number of rotatable bonds is 5. The average molecular weight is 227 g/mol. The molecule has 1 heterocycles. The summed E-state index contributed by atoms with van der Waals surface area (Å²) in [6, 6.07) is 5.38. The van der Waals surface area contributed by atoms with Gasteiger partial charge in [0.1, 0.15) is 0 Å². The van der Waals surface area contributed by atoms with Gasteiger partial charge in [0, 0.05) is 22.7 Å². The van der Waals surface area contributed by atoms with E-state index in [9.17, 15) is 9.00 Å². The van der Waals surface area contributed by atoms with Crippen molar-refractivity contribution < 1.29 is 14.1 Å². The maximum Gasteiger partial charge on any atom is 0.307 e. The number of hydrogen-bond donors (Lipinski definition) is 1. The van der Waals surface area contributed by atoms with Crippen molar-refractivity contribution in [2.75, 3.05) is 5.75 Å². The molecule has 0 amide bonds. The Kier molecular flexibility index (Phi) is 4.42. The van der Waals surface area contributed by atoms with E-state index in [4.69, 9.17) is 5.11 Å². The van der Waals surface area contributed by atoms with E-state index in [2.05, 4.69) is 4.98 Å². The molecule has 0 radical (unpaired) electrons. The van der Waals surface area contributed by atoms with Crippen LogP contribution in [0.4, 0.5) is 0 Å². The zero-order chi connectivity index (χ0) is 11.3. The first-order valence-corrected chi connectivity index (χ1v) is 6.06. The quantitative estimate of drug-likeness (QED) is 0.816. The first kappa shape index (κ1) is 11.8. The van der Waals surface area contributed by atoms with Crippen LogP contribution in [-0.2, 0) is 21.3 Å². The Morgan fingerprint density at radius 2 is 2.33 bits per heavy atom. The fourth-order valence-corrected chi connectivity index (χ4v) is 2.38. The minimum Gasteiger partial charge on any atom is -0.481 e. The Balaban J connectivity index is 2.47. The van der Waals surface area contributed by atoms with Crippen LogP contribution in [0.25, 0.3) is 0 Å². The predicted molar refractivity (Wildman–Crippen MR) is 57.8 cm³/mol. The zero-order valence-electron chi connectivity index (χ0n) is 8.42. The van der Waals surface area contributed by atoms with Gasteiger partial charge in [-0.15, -0.1) is 0 Å². The molecule has 5 heteroatoms. The standard InChI is InChI=1S/C10H13NO3S/c1-8(10(12)13)6-15(14)7-9-4-2-3-5-11-9/h2-5,8H,6-7H2,1H3,(H,12,13). The summed E-state index contributed by atoms with van der Waals surface area (Å²) in [5.74, 6) is -0.997. The van der Waals surface area contributed by atoms with Crippen LogP contribution in [0.1, 0.15) is 12.6 Å². The fourth-order valence-electron chi connectivity index (χ4n) is 1.06. The molecule has 1 rings (SSSR count). The lowest BCUT2D eigenvalue weighted by molar-refractivity contribution is -0.140. The third kappa shape index (κ3) is 4.20. The average Bonchev–Trinajstić information content (AvgIpc) is 2.18. The smallest absolute Gasteiger partial charge is 0.307 e. The third-order valence-corrected chi connectivity index (χ3v) is 3.38. The fraction of sp³-hybridized carbons (Fsp3) is 0.400. The minimum absolute atomic E-state index is 0.173. The highest BCUT2D eigenvalue weighted by Gasteiger charge is 2.14. The molecule has 0 saturated heterocycles. The summed E-state index contributed by atoms with van der Waals surface area (Å²) in [5, 5.41) is 8.65. The number of hydrogen-bond acceptors (Lipinski definition) is 3. The van der Waals surface area contributed by atoms with Crippen LogP contribution in [0.2, 0.25) is 0 Å². The van der Waals surface area contributed by atoms with E-state index in [1.165, 1.54) is 0 Å². The van der Waals surface area contributed by atoms with Crippen molar-refractivity contribution in [3.05, 3.63) is 30.1 Å². The first-order chi connectivity index (χ1) is 7.09. The second-order valence-corrected chi connectivity index (χ2v) is 4.81. The summed E-state index contributed by atoms with van der Waals surface area (Å²) in [4.78, 5) is 14.6. The topological polar surface area (TPSA) is 67.3 Å². The molecule has 0 saturated carbocycles. The molecule has 1 N–H and O–H groups in total. The van der Waals surface area contributed by atoms with Crippen molar-refractivity contribution >= 4 is 16.8 Å².